The minimum atomic E-state index is -4.45. The van der Waals surface area contributed by atoms with Gasteiger partial charge in [-0.05, 0) is 36.4 Å². The van der Waals surface area contributed by atoms with Crippen molar-refractivity contribution in [2.75, 3.05) is 18.5 Å². The fourth-order valence-corrected chi connectivity index (χ4v) is 3.04. The first-order valence-corrected chi connectivity index (χ1v) is 9.19. The second kappa shape index (κ2) is 8.02. The Morgan fingerprint density at radius 2 is 2.03 bits per heavy atom. The van der Waals surface area contributed by atoms with Crippen molar-refractivity contribution < 1.29 is 22.7 Å². The number of amides is 1. The average molecular weight is 414 g/mol. The summed E-state index contributed by atoms with van der Waals surface area (Å²) in [5.74, 6) is 0.329. The van der Waals surface area contributed by atoms with E-state index in [1.807, 2.05) is 6.08 Å². The van der Waals surface area contributed by atoms with Crippen molar-refractivity contribution >= 4 is 28.2 Å². The second-order valence-corrected chi connectivity index (χ2v) is 6.65. The molecule has 6 nitrogen and oxygen atoms in total. The average Bonchev–Trinajstić information content (AvgIpc) is 3.25. The highest BCUT2D eigenvalue weighted by Crippen LogP contribution is 2.32. The van der Waals surface area contributed by atoms with Crippen LogP contribution in [-0.2, 0) is 10.9 Å². The molecule has 0 radical (unpaired) electrons. The van der Waals surface area contributed by atoms with Gasteiger partial charge in [-0.2, -0.15) is 13.2 Å². The lowest BCUT2D eigenvalue weighted by Gasteiger charge is -2.12. The van der Waals surface area contributed by atoms with Crippen molar-refractivity contribution in [1.82, 2.24) is 15.3 Å². The third-order valence-electron chi connectivity index (χ3n) is 4.50. The lowest BCUT2D eigenvalue weighted by molar-refractivity contribution is -0.137. The number of aromatic nitrogens is 2. The Labute approximate surface area is 169 Å². The van der Waals surface area contributed by atoms with Gasteiger partial charge in [0.05, 0.1) is 36.1 Å². The van der Waals surface area contributed by atoms with Gasteiger partial charge in [-0.3, -0.25) is 9.78 Å². The predicted molar refractivity (Wildman–Crippen MR) is 105 cm³/mol. The Bertz CT molecular complexity index is 1130. The van der Waals surface area contributed by atoms with Gasteiger partial charge in [0, 0.05) is 23.7 Å². The predicted octanol–water partition coefficient (Wildman–Crippen LogP) is 4.43. The molecule has 0 saturated carbocycles. The summed E-state index contributed by atoms with van der Waals surface area (Å²) in [5, 5.41) is 6.30. The molecule has 1 aromatic carbocycles. The van der Waals surface area contributed by atoms with E-state index in [9.17, 15) is 18.0 Å². The van der Waals surface area contributed by atoms with Crippen LogP contribution in [-0.4, -0.2) is 29.0 Å². The Hall–Kier alpha value is -3.62. The van der Waals surface area contributed by atoms with Crippen LogP contribution in [0.1, 0.15) is 22.5 Å². The highest BCUT2D eigenvalue weighted by atomic mass is 19.4. The number of ether oxygens (including phenoxy) is 1. The highest BCUT2D eigenvalue weighted by Gasteiger charge is 2.30. The zero-order valence-corrected chi connectivity index (χ0v) is 15.7. The van der Waals surface area contributed by atoms with Crippen molar-refractivity contribution in [1.29, 1.82) is 0 Å². The quantitative estimate of drug-likeness (QED) is 0.646. The number of hydrogen-bond acceptors (Lipinski definition) is 5. The van der Waals surface area contributed by atoms with Crippen LogP contribution in [0.25, 0.3) is 10.9 Å². The van der Waals surface area contributed by atoms with Crippen LogP contribution >= 0.6 is 0 Å². The van der Waals surface area contributed by atoms with Crippen LogP contribution in [0.15, 0.2) is 60.6 Å². The van der Waals surface area contributed by atoms with E-state index in [4.69, 9.17) is 4.74 Å². The largest absolute Gasteiger partial charge is 0.496 e. The van der Waals surface area contributed by atoms with Crippen LogP contribution in [0.2, 0.25) is 0 Å². The van der Waals surface area contributed by atoms with E-state index in [0.717, 1.165) is 18.6 Å². The van der Waals surface area contributed by atoms with Crippen molar-refractivity contribution in [3.05, 3.63) is 71.9 Å². The molecule has 0 bridgehead atoms. The molecule has 0 atom stereocenters. The summed E-state index contributed by atoms with van der Waals surface area (Å²) in [4.78, 5) is 20.9. The molecule has 0 saturated heterocycles. The number of fused-ring (bicyclic) bond motifs is 1. The highest BCUT2D eigenvalue weighted by molar-refractivity contribution is 5.98. The number of carbonyl (C=O) groups is 1. The second-order valence-electron chi connectivity index (χ2n) is 6.65. The monoisotopic (exact) mass is 414 g/mol. The molecule has 3 aromatic rings. The molecular formula is C21H17F3N4O2. The summed E-state index contributed by atoms with van der Waals surface area (Å²) in [6.07, 6.45) is 1.30. The van der Waals surface area contributed by atoms with Gasteiger partial charge in [0.2, 0.25) is 0 Å². The molecule has 3 heterocycles. The first kappa shape index (κ1) is 19.7. The van der Waals surface area contributed by atoms with E-state index in [0.29, 0.717) is 29.0 Å². The summed E-state index contributed by atoms with van der Waals surface area (Å²) in [5.41, 5.74) is 0.465. The molecular weight excluding hydrogens is 397 g/mol. The molecule has 30 heavy (non-hydrogen) atoms. The number of hydrogen-bond donors (Lipinski definition) is 2. The summed E-state index contributed by atoms with van der Waals surface area (Å²) in [7, 11) is 0. The Morgan fingerprint density at radius 1 is 1.17 bits per heavy atom. The molecule has 2 aromatic heterocycles. The third kappa shape index (κ3) is 4.35. The molecule has 154 valence electrons. The number of halogens is 3. The van der Waals surface area contributed by atoms with Crippen LogP contribution in [0.4, 0.5) is 24.5 Å². The number of anilines is 2. The molecule has 0 spiro atoms. The topological polar surface area (TPSA) is 76.1 Å². The van der Waals surface area contributed by atoms with Gasteiger partial charge in [0.15, 0.2) is 0 Å². The summed E-state index contributed by atoms with van der Waals surface area (Å²) in [6.45, 7) is 0.876. The minimum absolute atomic E-state index is 0.180. The van der Waals surface area contributed by atoms with Crippen molar-refractivity contribution in [3.63, 3.8) is 0 Å². The molecule has 9 heteroatoms. The fourth-order valence-electron chi connectivity index (χ4n) is 3.04. The maximum absolute atomic E-state index is 13.0. The van der Waals surface area contributed by atoms with Gasteiger partial charge in [0.1, 0.15) is 11.5 Å². The summed E-state index contributed by atoms with van der Waals surface area (Å²) >= 11 is 0. The zero-order chi connectivity index (χ0) is 21.1. The smallest absolute Gasteiger partial charge is 0.416 e. The normalized spacial score (nSPS) is 13.6. The lowest BCUT2D eigenvalue weighted by atomic mass is 10.1. The van der Waals surface area contributed by atoms with E-state index in [2.05, 4.69) is 20.6 Å². The molecule has 0 fully saturated rings. The number of pyridine rings is 2. The van der Waals surface area contributed by atoms with Crippen LogP contribution in [0.3, 0.4) is 0 Å². The molecule has 0 unspecified atom stereocenters. The molecule has 2 N–H and O–H groups in total. The molecule has 4 rings (SSSR count). The van der Waals surface area contributed by atoms with Gasteiger partial charge in [-0.25, -0.2) is 4.98 Å². The van der Waals surface area contributed by atoms with Crippen LogP contribution < -0.4 is 10.6 Å². The lowest BCUT2D eigenvalue weighted by Crippen LogP contribution is -2.26. The van der Waals surface area contributed by atoms with Gasteiger partial charge in [0.25, 0.3) is 5.91 Å². The summed E-state index contributed by atoms with van der Waals surface area (Å²) in [6, 6.07) is 8.08. The van der Waals surface area contributed by atoms with E-state index < -0.39 is 11.7 Å². The Morgan fingerprint density at radius 3 is 2.80 bits per heavy atom. The molecule has 0 aliphatic carbocycles. The number of rotatable bonds is 5. The minimum Gasteiger partial charge on any atom is -0.496 e. The van der Waals surface area contributed by atoms with E-state index in [1.54, 1.807) is 18.3 Å². The Balaban J connectivity index is 1.59. The third-order valence-corrected chi connectivity index (χ3v) is 4.50. The number of carbonyl (C=O) groups excluding carboxylic acids is 1. The van der Waals surface area contributed by atoms with E-state index >= 15 is 0 Å². The number of nitrogens with one attached hydrogen (secondary N) is 2. The van der Waals surface area contributed by atoms with E-state index in [-0.39, 0.29) is 23.8 Å². The Kier molecular flexibility index (Phi) is 5.26. The van der Waals surface area contributed by atoms with Crippen molar-refractivity contribution in [2.45, 2.75) is 12.6 Å². The number of benzene rings is 1. The van der Waals surface area contributed by atoms with Gasteiger partial charge >= 0.3 is 6.18 Å². The molecule has 1 aliphatic heterocycles. The van der Waals surface area contributed by atoms with Gasteiger partial charge < -0.3 is 15.4 Å². The zero-order valence-electron chi connectivity index (χ0n) is 15.7. The maximum Gasteiger partial charge on any atom is 0.416 e. The van der Waals surface area contributed by atoms with E-state index in [1.165, 1.54) is 18.3 Å². The fraction of sp³-hybridized carbons (Fsp3) is 0.190. The van der Waals surface area contributed by atoms with Crippen LogP contribution in [0.5, 0.6) is 0 Å². The number of alkyl halides is 3. The van der Waals surface area contributed by atoms with Crippen LogP contribution in [0, 0.1) is 0 Å². The standard InChI is InChI=1S/C21H17F3N4O2/c22-21(23,24)14-3-1-4-15(9-14)27-18-12-25-10-13-6-7-17(28-19(13)18)20(29)26-11-16-5-2-8-30-16/h1,3-7,9-10,12,27H,2,8,11H2,(H,26,29). The first-order chi connectivity index (χ1) is 14.4. The maximum atomic E-state index is 13.0. The number of nitrogens with zero attached hydrogens (tertiary/aromatic N) is 2. The first-order valence-electron chi connectivity index (χ1n) is 9.19. The van der Waals surface area contributed by atoms with Crippen molar-refractivity contribution in [2.24, 2.45) is 0 Å². The summed E-state index contributed by atoms with van der Waals surface area (Å²) < 4.78 is 44.3. The molecule has 1 amide bonds. The SMILES string of the molecule is O=C(NCC1=CCCO1)c1ccc2cncc(Nc3cccc(C(F)(F)F)c3)c2n1. The molecule has 1 aliphatic rings. The van der Waals surface area contributed by atoms with Gasteiger partial charge in [-0.15, -0.1) is 0 Å². The van der Waals surface area contributed by atoms with Crippen molar-refractivity contribution in [3.8, 4) is 0 Å². The van der Waals surface area contributed by atoms with Gasteiger partial charge in [-0.1, -0.05) is 6.07 Å².